The fraction of sp³-hybridized carbons (Fsp3) is 0.400. The molecule has 5 N–H and O–H groups in total. The number of amides is 4. The number of benzene rings is 1. The smallest absolute Gasteiger partial charge is 0.312 e. The number of nitrogens with one attached hydrogen (secondary N) is 3. The molecule has 1 unspecified atom stereocenters. The van der Waals surface area contributed by atoms with E-state index in [1.54, 1.807) is 12.1 Å². The van der Waals surface area contributed by atoms with Gasteiger partial charge in [0.1, 0.15) is 6.04 Å². The zero-order chi connectivity index (χ0) is 16.9. The topological polar surface area (TPSA) is 113 Å². The van der Waals surface area contributed by atoms with Gasteiger partial charge in [0.05, 0.1) is 0 Å². The fourth-order valence-electron chi connectivity index (χ4n) is 1.70. The SMILES string of the molecule is CC(NC(N)=O)C(=O)NNC(=O)c1ccc(C(C)(C)C)cc1. The highest BCUT2D eigenvalue weighted by Crippen LogP contribution is 2.22. The highest BCUT2D eigenvalue weighted by Gasteiger charge is 2.16. The molecule has 7 nitrogen and oxygen atoms in total. The lowest BCUT2D eigenvalue weighted by atomic mass is 9.87. The van der Waals surface area contributed by atoms with Crippen LogP contribution in [0.4, 0.5) is 4.79 Å². The molecule has 0 spiro atoms. The minimum Gasteiger partial charge on any atom is -0.352 e. The summed E-state index contributed by atoms with van der Waals surface area (Å²) in [5.74, 6) is -1.02. The molecule has 0 aliphatic carbocycles. The van der Waals surface area contributed by atoms with Crippen LogP contribution < -0.4 is 21.9 Å². The van der Waals surface area contributed by atoms with Crippen molar-refractivity contribution in [1.29, 1.82) is 0 Å². The van der Waals surface area contributed by atoms with Gasteiger partial charge in [-0.1, -0.05) is 32.9 Å². The third-order valence-electron chi connectivity index (χ3n) is 3.06. The van der Waals surface area contributed by atoms with Crippen LogP contribution in [0.3, 0.4) is 0 Å². The summed E-state index contributed by atoms with van der Waals surface area (Å²) in [5, 5.41) is 2.21. The Morgan fingerprint density at radius 1 is 1.05 bits per heavy atom. The molecule has 7 heteroatoms. The molecule has 0 heterocycles. The van der Waals surface area contributed by atoms with E-state index in [1.807, 2.05) is 12.1 Å². The van der Waals surface area contributed by atoms with E-state index in [4.69, 9.17) is 5.73 Å². The Hall–Kier alpha value is -2.57. The van der Waals surface area contributed by atoms with Crippen LogP contribution in [0.1, 0.15) is 43.6 Å². The molecular weight excluding hydrogens is 284 g/mol. The second-order valence-electron chi connectivity index (χ2n) is 6.00. The van der Waals surface area contributed by atoms with Crippen molar-refractivity contribution >= 4 is 17.8 Å². The number of hydrogen-bond acceptors (Lipinski definition) is 3. The summed E-state index contributed by atoms with van der Waals surface area (Å²) in [7, 11) is 0. The number of rotatable bonds is 3. The largest absolute Gasteiger partial charge is 0.352 e. The van der Waals surface area contributed by atoms with Gasteiger partial charge in [0.2, 0.25) is 0 Å². The van der Waals surface area contributed by atoms with Crippen molar-refractivity contribution < 1.29 is 14.4 Å². The van der Waals surface area contributed by atoms with E-state index in [9.17, 15) is 14.4 Å². The first-order chi connectivity index (χ1) is 10.1. The van der Waals surface area contributed by atoms with Gasteiger partial charge in [-0.15, -0.1) is 0 Å². The average molecular weight is 306 g/mol. The van der Waals surface area contributed by atoms with Crippen molar-refractivity contribution in [2.75, 3.05) is 0 Å². The lowest BCUT2D eigenvalue weighted by molar-refractivity contribution is -0.123. The van der Waals surface area contributed by atoms with Crippen molar-refractivity contribution in [2.24, 2.45) is 5.73 Å². The van der Waals surface area contributed by atoms with Crippen LogP contribution in [0.5, 0.6) is 0 Å². The molecular formula is C15H22N4O3. The van der Waals surface area contributed by atoms with Gasteiger partial charge in [-0.2, -0.15) is 0 Å². The Kier molecular flexibility index (Phi) is 5.50. The number of hydrogen-bond donors (Lipinski definition) is 4. The minimum atomic E-state index is -0.846. The van der Waals surface area contributed by atoms with E-state index in [2.05, 4.69) is 36.9 Å². The van der Waals surface area contributed by atoms with E-state index in [0.717, 1.165) is 5.56 Å². The molecule has 1 aromatic carbocycles. The summed E-state index contributed by atoms with van der Waals surface area (Å²) in [6.45, 7) is 7.69. The number of carbonyl (C=O) groups is 3. The standard InChI is InChI=1S/C15H22N4O3/c1-9(17-14(16)22)12(20)18-19-13(21)10-5-7-11(8-6-10)15(2,3)4/h5-9H,1-4H3,(H,18,20)(H,19,21)(H3,16,17,22). The normalized spacial score (nSPS) is 12.2. The van der Waals surface area contributed by atoms with Crippen molar-refractivity contribution in [3.05, 3.63) is 35.4 Å². The number of primary amides is 1. The summed E-state index contributed by atoms with van der Waals surface area (Å²) in [5.41, 5.74) is 10.9. The van der Waals surface area contributed by atoms with E-state index in [0.29, 0.717) is 5.56 Å². The molecule has 0 saturated carbocycles. The van der Waals surface area contributed by atoms with Gasteiger partial charge < -0.3 is 11.1 Å². The predicted octanol–water partition coefficient (Wildman–Crippen LogP) is 0.802. The van der Waals surface area contributed by atoms with Crippen LogP contribution in [-0.2, 0) is 10.2 Å². The van der Waals surface area contributed by atoms with Crippen molar-refractivity contribution in [2.45, 2.75) is 39.2 Å². The number of urea groups is 1. The van der Waals surface area contributed by atoms with E-state index in [-0.39, 0.29) is 5.41 Å². The Morgan fingerprint density at radius 2 is 1.59 bits per heavy atom. The molecule has 0 saturated heterocycles. The lowest BCUT2D eigenvalue weighted by Gasteiger charge is -2.19. The van der Waals surface area contributed by atoms with E-state index >= 15 is 0 Å². The quantitative estimate of drug-likeness (QED) is 0.619. The summed E-state index contributed by atoms with van der Waals surface area (Å²) in [6, 6.07) is 5.45. The van der Waals surface area contributed by atoms with Crippen LogP contribution in [0.15, 0.2) is 24.3 Å². The van der Waals surface area contributed by atoms with Gasteiger partial charge in [-0.3, -0.25) is 20.4 Å². The summed E-state index contributed by atoms with van der Waals surface area (Å²) in [4.78, 5) is 34.2. The molecule has 120 valence electrons. The molecule has 0 fully saturated rings. The zero-order valence-electron chi connectivity index (χ0n) is 13.2. The van der Waals surface area contributed by atoms with E-state index in [1.165, 1.54) is 6.92 Å². The first-order valence-electron chi connectivity index (χ1n) is 6.88. The number of hydrazine groups is 1. The molecule has 0 radical (unpaired) electrons. The molecule has 0 aliphatic heterocycles. The lowest BCUT2D eigenvalue weighted by Crippen LogP contribution is -2.52. The molecule has 22 heavy (non-hydrogen) atoms. The summed E-state index contributed by atoms with van der Waals surface area (Å²) < 4.78 is 0. The molecule has 1 aromatic rings. The average Bonchev–Trinajstić information content (AvgIpc) is 2.42. The highest BCUT2D eigenvalue weighted by molar-refractivity contribution is 5.96. The van der Waals surface area contributed by atoms with Crippen LogP contribution in [-0.4, -0.2) is 23.9 Å². The van der Waals surface area contributed by atoms with E-state index < -0.39 is 23.9 Å². The maximum absolute atomic E-state index is 11.9. The molecule has 1 atom stereocenters. The third kappa shape index (κ3) is 5.08. The monoisotopic (exact) mass is 306 g/mol. The Morgan fingerprint density at radius 3 is 2.05 bits per heavy atom. The van der Waals surface area contributed by atoms with Gasteiger partial charge in [0, 0.05) is 5.56 Å². The van der Waals surface area contributed by atoms with Crippen LogP contribution in [0.2, 0.25) is 0 Å². The zero-order valence-corrected chi connectivity index (χ0v) is 13.2. The highest BCUT2D eigenvalue weighted by atomic mass is 16.2. The van der Waals surface area contributed by atoms with Crippen LogP contribution in [0, 0.1) is 0 Å². The number of carbonyl (C=O) groups excluding carboxylic acids is 3. The van der Waals surface area contributed by atoms with Gasteiger partial charge in [0.15, 0.2) is 0 Å². The van der Waals surface area contributed by atoms with Gasteiger partial charge in [-0.05, 0) is 30.0 Å². The Labute approximate surface area is 129 Å². The maximum Gasteiger partial charge on any atom is 0.312 e. The van der Waals surface area contributed by atoms with Crippen molar-refractivity contribution in [3.63, 3.8) is 0 Å². The van der Waals surface area contributed by atoms with Crippen molar-refractivity contribution in [3.8, 4) is 0 Å². The van der Waals surface area contributed by atoms with Gasteiger partial charge in [-0.25, -0.2) is 4.79 Å². The van der Waals surface area contributed by atoms with Crippen LogP contribution in [0.25, 0.3) is 0 Å². The Bertz CT molecular complexity index is 561. The van der Waals surface area contributed by atoms with Gasteiger partial charge >= 0.3 is 6.03 Å². The molecule has 0 aliphatic rings. The molecule has 0 bridgehead atoms. The van der Waals surface area contributed by atoms with Gasteiger partial charge in [0.25, 0.3) is 11.8 Å². The second kappa shape index (κ2) is 6.93. The second-order valence-corrected chi connectivity index (χ2v) is 6.00. The van der Waals surface area contributed by atoms with Crippen LogP contribution >= 0.6 is 0 Å². The minimum absolute atomic E-state index is 0.000908. The first kappa shape index (κ1) is 17.5. The fourth-order valence-corrected chi connectivity index (χ4v) is 1.70. The van der Waals surface area contributed by atoms with Crippen molar-refractivity contribution in [1.82, 2.24) is 16.2 Å². The number of nitrogens with two attached hydrogens (primary N) is 1. The molecule has 4 amide bonds. The maximum atomic E-state index is 11.9. The molecule has 1 rings (SSSR count). The summed E-state index contributed by atoms with van der Waals surface area (Å²) in [6.07, 6.45) is 0. The third-order valence-corrected chi connectivity index (χ3v) is 3.06. The summed E-state index contributed by atoms with van der Waals surface area (Å²) >= 11 is 0. The predicted molar refractivity (Wildman–Crippen MR) is 82.9 cm³/mol. The first-order valence-corrected chi connectivity index (χ1v) is 6.88. The molecule has 0 aromatic heterocycles. The Balaban J connectivity index is 2.59.